The number of para-hydroxylation sites is 1. The SMILES string of the molecule is O=C(O)[C@@H]1[C@H]2C=C[C@@H]([C@@H]3C[C@H]23)[C@@H]1C(=O)N1CCc2ccccc21. The van der Waals surface area contributed by atoms with Crippen molar-refractivity contribution in [3.05, 3.63) is 42.0 Å². The lowest BCUT2D eigenvalue weighted by molar-refractivity contribution is -0.152. The van der Waals surface area contributed by atoms with E-state index in [1.807, 2.05) is 23.1 Å². The Kier molecular flexibility index (Phi) is 2.59. The molecule has 4 heteroatoms. The number of hydrogen-bond donors (Lipinski definition) is 1. The molecule has 23 heavy (non-hydrogen) atoms. The zero-order chi connectivity index (χ0) is 15.7. The molecule has 2 saturated carbocycles. The molecule has 0 saturated heterocycles. The highest BCUT2D eigenvalue weighted by atomic mass is 16.4. The summed E-state index contributed by atoms with van der Waals surface area (Å²) in [5, 5.41) is 9.75. The molecule has 2 bridgehead atoms. The van der Waals surface area contributed by atoms with Crippen LogP contribution in [0.25, 0.3) is 0 Å². The van der Waals surface area contributed by atoms with E-state index in [4.69, 9.17) is 0 Å². The van der Waals surface area contributed by atoms with Crippen LogP contribution in [-0.4, -0.2) is 23.5 Å². The van der Waals surface area contributed by atoms with E-state index in [0.29, 0.717) is 18.4 Å². The van der Waals surface area contributed by atoms with Crippen molar-refractivity contribution in [1.82, 2.24) is 0 Å². The summed E-state index contributed by atoms with van der Waals surface area (Å²) in [5.74, 6) is -0.520. The summed E-state index contributed by atoms with van der Waals surface area (Å²) in [7, 11) is 0. The standard InChI is InChI=1S/C19H19NO3/c21-18(20-8-7-10-3-1-2-4-15(10)20)16-11-5-6-12(14-9-13(11)14)17(16)19(22)23/h1-6,11-14,16-17H,7-9H2,(H,22,23)/t11-,12-,13-,14+,16-,17+/m0/s1. The number of nitrogens with zero attached hydrogens (tertiary/aromatic N) is 1. The first-order chi connectivity index (χ1) is 11.2. The van der Waals surface area contributed by atoms with Gasteiger partial charge in [0.05, 0.1) is 11.8 Å². The maximum Gasteiger partial charge on any atom is 0.307 e. The van der Waals surface area contributed by atoms with Crippen LogP contribution in [0, 0.1) is 35.5 Å². The monoisotopic (exact) mass is 309 g/mol. The third-order valence-electron chi connectivity index (χ3n) is 6.38. The highest BCUT2D eigenvalue weighted by molar-refractivity contribution is 5.99. The van der Waals surface area contributed by atoms with E-state index < -0.39 is 17.8 Å². The lowest BCUT2D eigenvalue weighted by atomic mass is 9.62. The van der Waals surface area contributed by atoms with Gasteiger partial charge in [0.25, 0.3) is 0 Å². The van der Waals surface area contributed by atoms with E-state index >= 15 is 0 Å². The zero-order valence-corrected chi connectivity index (χ0v) is 12.8. The molecule has 0 unspecified atom stereocenters. The third kappa shape index (κ3) is 1.72. The molecule has 1 amide bonds. The van der Waals surface area contributed by atoms with Crippen molar-refractivity contribution in [2.24, 2.45) is 35.5 Å². The number of carbonyl (C=O) groups excluding carboxylic acids is 1. The van der Waals surface area contributed by atoms with Gasteiger partial charge in [-0.2, -0.15) is 0 Å². The Balaban J connectivity index is 1.52. The number of carboxylic acid groups (broad SMARTS) is 1. The minimum Gasteiger partial charge on any atom is -0.481 e. The molecule has 4 aliphatic carbocycles. The van der Waals surface area contributed by atoms with E-state index in [1.54, 1.807) is 0 Å². The van der Waals surface area contributed by atoms with E-state index in [2.05, 4.69) is 18.2 Å². The Morgan fingerprint density at radius 1 is 1.04 bits per heavy atom. The number of aliphatic carboxylic acids is 1. The van der Waals surface area contributed by atoms with Gasteiger partial charge < -0.3 is 10.0 Å². The summed E-state index contributed by atoms with van der Waals surface area (Å²) in [6, 6.07) is 7.98. The van der Waals surface area contributed by atoms with Crippen molar-refractivity contribution in [3.63, 3.8) is 0 Å². The van der Waals surface area contributed by atoms with Crippen molar-refractivity contribution in [1.29, 1.82) is 0 Å². The molecule has 2 fully saturated rings. The fraction of sp³-hybridized carbons (Fsp3) is 0.474. The minimum absolute atomic E-state index is 0.0204. The first kappa shape index (κ1) is 13.3. The lowest BCUT2D eigenvalue weighted by Gasteiger charge is -2.43. The molecule has 0 aromatic heterocycles. The molecule has 6 rings (SSSR count). The van der Waals surface area contributed by atoms with Crippen molar-refractivity contribution in [2.45, 2.75) is 12.8 Å². The average Bonchev–Trinajstić information content (AvgIpc) is 3.28. The van der Waals surface area contributed by atoms with Gasteiger partial charge in [0, 0.05) is 12.2 Å². The van der Waals surface area contributed by atoms with Gasteiger partial charge in [-0.15, -0.1) is 0 Å². The van der Waals surface area contributed by atoms with Crippen molar-refractivity contribution < 1.29 is 14.7 Å². The summed E-state index contributed by atoms with van der Waals surface area (Å²) in [5.41, 5.74) is 2.16. The molecular weight excluding hydrogens is 290 g/mol. The van der Waals surface area contributed by atoms with E-state index in [9.17, 15) is 14.7 Å². The van der Waals surface area contributed by atoms with E-state index in [1.165, 1.54) is 5.56 Å². The second-order valence-electron chi connectivity index (χ2n) is 7.36. The van der Waals surface area contributed by atoms with Crippen LogP contribution in [0.5, 0.6) is 0 Å². The molecule has 1 N–H and O–H groups in total. The number of amides is 1. The van der Waals surface area contributed by atoms with Gasteiger partial charge in [0.15, 0.2) is 0 Å². The number of anilines is 1. The van der Waals surface area contributed by atoms with Gasteiger partial charge in [-0.3, -0.25) is 9.59 Å². The van der Waals surface area contributed by atoms with Crippen LogP contribution in [-0.2, 0) is 16.0 Å². The smallest absolute Gasteiger partial charge is 0.307 e. The number of fused-ring (bicyclic) bond motifs is 2. The average molecular weight is 309 g/mol. The molecule has 118 valence electrons. The van der Waals surface area contributed by atoms with Crippen LogP contribution < -0.4 is 4.90 Å². The minimum atomic E-state index is -0.805. The van der Waals surface area contributed by atoms with Crippen molar-refractivity contribution in [2.75, 3.05) is 11.4 Å². The van der Waals surface area contributed by atoms with Crippen molar-refractivity contribution in [3.8, 4) is 0 Å². The number of carbonyl (C=O) groups is 2. The van der Waals surface area contributed by atoms with Crippen LogP contribution in [0.15, 0.2) is 36.4 Å². The van der Waals surface area contributed by atoms with Crippen molar-refractivity contribution >= 4 is 17.6 Å². The number of rotatable bonds is 2. The van der Waals surface area contributed by atoms with Gasteiger partial charge in [0.1, 0.15) is 0 Å². The highest BCUT2D eigenvalue weighted by Crippen LogP contribution is 2.64. The van der Waals surface area contributed by atoms with Gasteiger partial charge in [-0.25, -0.2) is 0 Å². The number of hydrogen-bond acceptors (Lipinski definition) is 2. The molecular formula is C19H19NO3. The Morgan fingerprint density at radius 3 is 2.48 bits per heavy atom. The Morgan fingerprint density at radius 2 is 1.74 bits per heavy atom. The van der Waals surface area contributed by atoms with Crippen LogP contribution in [0.2, 0.25) is 0 Å². The Hall–Kier alpha value is -2.10. The quantitative estimate of drug-likeness (QED) is 0.853. The van der Waals surface area contributed by atoms with Gasteiger partial charge in [-0.05, 0) is 48.1 Å². The fourth-order valence-corrected chi connectivity index (χ4v) is 5.30. The second kappa shape index (κ2) is 4.47. The van der Waals surface area contributed by atoms with Crippen LogP contribution in [0.3, 0.4) is 0 Å². The van der Waals surface area contributed by atoms with E-state index in [-0.39, 0.29) is 17.7 Å². The van der Waals surface area contributed by atoms with Gasteiger partial charge >= 0.3 is 5.97 Å². The van der Waals surface area contributed by atoms with Crippen LogP contribution in [0.1, 0.15) is 12.0 Å². The molecule has 1 heterocycles. The van der Waals surface area contributed by atoms with Crippen LogP contribution >= 0.6 is 0 Å². The first-order valence-corrected chi connectivity index (χ1v) is 8.47. The number of allylic oxidation sites excluding steroid dienone is 2. The molecule has 0 radical (unpaired) electrons. The lowest BCUT2D eigenvalue weighted by Crippen LogP contribution is -2.51. The molecule has 1 aromatic rings. The molecule has 0 spiro atoms. The third-order valence-corrected chi connectivity index (χ3v) is 6.38. The number of benzene rings is 1. The predicted molar refractivity (Wildman–Crippen MR) is 84.8 cm³/mol. The van der Waals surface area contributed by atoms with Gasteiger partial charge in [0.2, 0.25) is 5.91 Å². The topological polar surface area (TPSA) is 57.6 Å². The number of carboxylic acids is 1. The van der Waals surface area contributed by atoms with Crippen LogP contribution in [0.4, 0.5) is 5.69 Å². The first-order valence-electron chi connectivity index (χ1n) is 8.47. The molecule has 5 aliphatic rings. The summed E-state index contributed by atoms with van der Waals surface area (Å²) in [6.07, 6.45) is 6.15. The normalized spacial score (nSPS) is 39.0. The maximum atomic E-state index is 13.3. The maximum absolute atomic E-state index is 13.3. The molecule has 6 atom stereocenters. The summed E-state index contributed by atoms with van der Waals surface area (Å²) in [6.45, 7) is 0.677. The summed E-state index contributed by atoms with van der Waals surface area (Å²) >= 11 is 0. The fourth-order valence-electron chi connectivity index (χ4n) is 5.30. The Bertz CT molecular complexity index is 740. The van der Waals surface area contributed by atoms with E-state index in [0.717, 1.165) is 18.5 Å². The largest absolute Gasteiger partial charge is 0.481 e. The van der Waals surface area contributed by atoms with Gasteiger partial charge in [-0.1, -0.05) is 30.4 Å². The summed E-state index contributed by atoms with van der Waals surface area (Å²) in [4.78, 5) is 27.0. The predicted octanol–water partition coefficient (Wildman–Crippen LogP) is 2.34. The summed E-state index contributed by atoms with van der Waals surface area (Å²) < 4.78 is 0. The second-order valence-corrected chi connectivity index (χ2v) is 7.36. The molecule has 1 aliphatic heterocycles. The molecule has 1 aromatic carbocycles. The Labute approximate surface area is 134 Å². The molecule has 4 nitrogen and oxygen atoms in total. The highest BCUT2D eigenvalue weighted by Gasteiger charge is 2.63. The zero-order valence-electron chi connectivity index (χ0n) is 12.8.